The van der Waals surface area contributed by atoms with Crippen molar-refractivity contribution in [3.8, 4) is 5.75 Å². The number of hydrogen-bond donors (Lipinski definition) is 3. The highest BCUT2D eigenvalue weighted by Gasteiger charge is 2.13. The van der Waals surface area contributed by atoms with Gasteiger partial charge in [-0.3, -0.25) is 4.79 Å². The third-order valence-electron chi connectivity index (χ3n) is 2.58. The van der Waals surface area contributed by atoms with Gasteiger partial charge in [-0.15, -0.1) is 0 Å². The number of halogens is 1. The van der Waals surface area contributed by atoms with E-state index in [0.29, 0.717) is 10.8 Å². The number of anilines is 2. The number of hydrogen-bond acceptors (Lipinski definition) is 4. The second kappa shape index (κ2) is 5.16. The second-order valence-corrected chi connectivity index (χ2v) is 4.39. The molecule has 0 fully saturated rings. The Morgan fingerprint density at radius 1 is 1.47 bits per heavy atom. The molecule has 2 rings (SSSR count). The van der Waals surface area contributed by atoms with Gasteiger partial charge < -0.3 is 16.2 Å². The number of aromatic hydroxyl groups is 1. The molecule has 0 aliphatic heterocycles. The summed E-state index contributed by atoms with van der Waals surface area (Å²) in [5.41, 5.74) is 7.03. The number of carbonyl (C=O) groups excluding carboxylic acids is 1. The fraction of sp³-hybridized carbons (Fsp3) is 0.0769. The van der Waals surface area contributed by atoms with Crippen LogP contribution in [0.2, 0.25) is 5.15 Å². The number of phenolic OH excluding ortho intramolecular Hbond substituents is 1. The molecule has 0 atom stereocenters. The molecule has 0 radical (unpaired) electrons. The van der Waals surface area contributed by atoms with Gasteiger partial charge >= 0.3 is 0 Å². The number of amides is 1. The predicted molar refractivity (Wildman–Crippen MR) is 74.5 cm³/mol. The Morgan fingerprint density at radius 2 is 2.21 bits per heavy atom. The van der Waals surface area contributed by atoms with E-state index in [4.69, 9.17) is 17.3 Å². The molecule has 5 nitrogen and oxygen atoms in total. The van der Waals surface area contributed by atoms with Crippen LogP contribution in [0.1, 0.15) is 15.9 Å². The summed E-state index contributed by atoms with van der Waals surface area (Å²) < 4.78 is 0. The molecule has 1 aromatic heterocycles. The zero-order valence-electron chi connectivity index (χ0n) is 10.1. The van der Waals surface area contributed by atoms with Gasteiger partial charge in [-0.2, -0.15) is 0 Å². The van der Waals surface area contributed by atoms with Crippen molar-refractivity contribution in [1.82, 2.24) is 4.98 Å². The van der Waals surface area contributed by atoms with Gasteiger partial charge in [0, 0.05) is 0 Å². The van der Waals surface area contributed by atoms with Gasteiger partial charge in [0.2, 0.25) is 0 Å². The van der Waals surface area contributed by atoms with Crippen LogP contribution in [0, 0.1) is 6.92 Å². The van der Waals surface area contributed by atoms with Crippen LogP contribution in [0.4, 0.5) is 11.4 Å². The summed E-state index contributed by atoms with van der Waals surface area (Å²) >= 11 is 5.80. The zero-order valence-corrected chi connectivity index (χ0v) is 10.9. The Hall–Kier alpha value is -2.27. The van der Waals surface area contributed by atoms with Crippen molar-refractivity contribution in [3.63, 3.8) is 0 Å². The predicted octanol–water partition coefficient (Wildman–Crippen LogP) is 2.58. The Kier molecular flexibility index (Phi) is 3.57. The number of nitrogens with one attached hydrogen (secondary N) is 1. The minimum atomic E-state index is -0.465. The highest BCUT2D eigenvalue weighted by molar-refractivity contribution is 6.30. The van der Waals surface area contributed by atoms with Gasteiger partial charge in [0.1, 0.15) is 5.15 Å². The van der Waals surface area contributed by atoms with E-state index >= 15 is 0 Å². The molecule has 4 N–H and O–H groups in total. The summed E-state index contributed by atoms with van der Waals surface area (Å²) in [4.78, 5) is 15.9. The van der Waals surface area contributed by atoms with Crippen molar-refractivity contribution >= 4 is 28.9 Å². The normalized spacial score (nSPS) is 10.2. The quantitative estimate of drug-likeness (QED) is 0.447. The van der Waals surface area contributed by atoms with E-state index in [2.05, 4.69) is 10.3 Å². The molecule has 0 spiro atoms. The lowest BCUT2D eigenvalue weighted by atomic mass is 10.1. The molecule has 98 valence electrons. The Balaban J connectivity index is 2.26. The molecule has 1 heterocycles. The van der Waals surface area contributed by atoms with Crippen LogP contribution >= 0.6 is 11.6 Å². The van der Waals surface area contributed by atoms with E-state index in [1.807, 2.05) is 0 Å². The summed E-state index contributed by atoms with van der Waals surface area (Å²) in [7, 11) is 0. The minimum absolute atomic E-state index is 0.104. The first-order valence-electron chi connectivity index (χ1n) is 5.50. The van der Waals surface area contributed by atoms with Crippen molar-refractivity contribution in [1.29, 1.82) is 0 Å². The maximum absolute atomic E-state index is 12.0. The number of aromatic nitrogens is 1. The lowest BCUT2D eigenvalue weighted by Crippen LogP contribution is -2.13. The average molecular weight is 278 g/mol. The molecule has 0 saturated heterocycles. The maximum Gasteiger partial charge on any atom is 0.259 e. The number of pyridine rings is 1. The number of rotatable bonds is 2. The summed E-state index contributed by atoms with van der Waals surface area (Å²) in [6, 6.07) is 6.28. The number of phenols is 1. The number of carbonyl (C=O) groups is 1. The molecule has 6 heteroatoms. The topological polar surface area (TPSA) is 88.2 Å². The number of nitrogen functional groups attached to an aromatic ring is 1. The summed E-state index contributed by atoms with van der Waals surface area (Å²) in [6.07, 6.45) is 1.44. The van der Waals surface area contributed by atoms with Crippen LogP contribution in [0.3, 0.4) is 0 Å². The third-order valence-corrected chi connectivity index (χ3v) is 2.98. The van der Waals surface area contributed by atoms with E-state index in [9.17, 15) is 9.90 Å². The SMILES string of the molecule is Cc1cc(NC(=O)c2cccc(N)c2O)cnc1Cl. The highest BCUT2D eigenvalue weighted by Crippen LogP contribution is 2.25. The first kappa shape index (κ1) is 13.2. The Bertz CT molecular complexity index is 644. The highest BCUT2D eigenvalue weighted by atomic mass is 35.5. The Morgan fingerprint density at radius 3 is 2.89 bits per heavy atom. The molecular formula is C13H12ClN3O2. The van der Waals surface area contributed by atoms with Crippen LogP contribution in [0.15, 0.2) is 30.5 Å². The van der Waals surface area contributed by atoms with Crippen LogP contribution in [-0.2, 0) is 0 Å². The van der Waals surface area contributed by atoms with Gasteiger partial charge in [-0.05, 0) is 30.7 Å². The van der Waals surface area contributed by atoms with E-state index < -0.39 is 5.91 Å². The van der Waals surface area contributed by atoms with Crippen LogP contribution < -0.4 is 11.1 Å². The molecule has 1 amide bonds. The lowest BCUT2D eigenvalue weighted by molar-refractivity contribution is 0.102. The van der Waals surface area contributed by atoms with E-state index in [0.717, 1.165) is 5.56 Å². The van der Waals surface area contributed by atoms with Gasteiger partial charge in [0.25, 0.3) is 5.91 Å². The van der Waals surface area contributed by atoms with Crippen molar-refractivity contribution < 1.29 is 9.90 Å². The fourth-order valence-electron chi connectivity index (χ4n) is 1.57. The monoisotopic (exact) mass is 277 g/mol. The number of para-hydroxylation sites is 1. The number of nitrogens with zero attached hydrogens (tertiary/aromatic N) is 1. The average Bonchev–Trinajstić information content (AvgIpc) is 2.37. The smallest absolute Gasteiger partial charge is 0.259 e. The van der Waals surface area contributed by atoms with Crippen molar-refractivity contribution in [2.24, 2.45) is 0 Å². The van der Waals surface area contributed by atoms with Crippen molar-refractivity contribution in [2.45, 2.75) is 6.92 Å². The molecule has 0 bridgehead atoms. The summed E-state index contributed by atoms with van der Waals surface area (Å²) in [6.45, 7) is 1.78. The van der Waals surface area contributed by atoms with Gasteiger partial charge in [0.15, 0.2) is 5.75 Å². The third kappa shape index (κ3) is 2.77. The summed E-state index contributed by atoms with van der Waals surface area (Å²) in [5, 5.41) is 12.7. The molecule has 0 aliphatic rings. The van der Waals surface area contributed by atoms with E-state index in [1.54, 1.807) is 19.1 Å². The lowest BCUT2D eigenvalue weighted by Gasteiger charge is -2.08. The van der Waals surface area contributed by atoms with Crippen molar-refractivity contribution in [2.75, 3.05) is 11.1 Å². The zero-order chi connectivity index (χ0) is 14.0. The minimum Gasteiger partial charge on any atom is -0.505 e. The molecular weight excluding hydrogens is 266 g/mol. The number of nitrogens with two attached hydrogens (primary N) is 1. The van der Waals surface area contributed by atoms with Gasteiger partial charge in [-0.25, -0.2) is 4.98 Å². The number of aryl methyl sites for hydroxylation is 1. The largest absolute Gasteiger partial charge is 0.505 e. The summed E-state index contributed by atoms with van der Waals surface area (Å²) in [5.74, 6) is -0.702. The van der Waals surface area contributed by atoms with Gasteiger partial charge in [-0.1, -0.05) is 17.7 Å². The molecule has 0 unspecified atom stereocenters. The molecule has 1 aromatic carbocycles. The van der Waals surface area contributed by atoms with Crippen LogP contribution in [0.5, 0.6) is 5.75 Å². The van der Waals surface area contributed by atoms with Crippen molar-refractivity contribution in [3.05, 3.63) is 46.7 Å². The molecule has 0 saturated carbocycles. The maximum atomic E-state index is 12.0. The van der Waals surface area contributed by atoms with Crippen LogP contribution in [-0.4, -0.2) is 16.0 Å². The van der Waals surface area contributed by atoms with Crippen LogP contribution in [0.25, 0.3) is 0 Å². The second-order valence-electron chi connectivity index (χ2n) is 4.03. The standard InChI is InChI=1S/C13H12ClN3O2/c1-7-5-8(6-16-12(7)14)17-13(19)9-3-2-4-10(15)11(9)18/h2-6,18H,15H2,1H3,(H,17,19). The first-order valence-corrected chi connectivity index (χ1v) is 5.88. The first-order chi connectivity index (χ1) is 8.99. The molecule has 0 aliphatic carbocycles. The molecule has 19 heavy (non-hydrogen) atoms. The fourth-order valence-corrected chi connectivity index (χ4v) is 1.67. The van der Waals surface area contributed by atoms with E-state index in [-0.39, 0.29) is 17.0 Å². The van der Waals surface area contributed by atoms with E-state index in [1.165, 1.54) is 18.3 Å². The number of benzene rings is 1. The molecule has 2 aromatic rings. The Labute approximate surface area is 115 Å². The van der Waals surface area contributed by atoms with Gasteiger partial charge in [0.05, 0.1) is 23.1 Å².